The fourth-order valence-electron chi connectivity index (χ4n) is 2.75. The van der Waals surface area contributed by atoms with Gasteiger partial charge in [-0.15, -0.1) is 0 Å². The smallest absolute Gasteiger partial charge is 0.0684 e. The molecule has 2 N–H and O–H groups in total. The molecule has 28 heavy (non-hydrogen) atoms. The summed E-state index contributed by atoms with van der Waals surface area (Å²) in [4.78, 5) is 0. The normalized spacial score (nSPS) is 9.71. The lowest BCUT2D eigenvalue weighted by molar-refractivity contribution is 1.46. The molecule has 0 aromatic heterocycles. The average Bonchev–Trinajstić information content (AvgIpc) is 2.81. The van der Waals surface area contributed by atoms with Crippen LogP contribution in [0.5, 0.6) is 0 Å². The number of rotatable bonds is 4. The van der Waals surface area contributed by atoms with Gasteiger partial charge in [0.25, 0.3) is 0 Å². The molecule has 4 rings (SSSR count). The summed E-state index contributed by atoms with van der Waals surface area (Å²) in [7, 11) is 0. The molecule has 0 spiro atoms. The molecule has 0 aliphatic carbocycles. The Morgan fingerprint density at radius 2 is 0.500 bits per heavy atom. The van der Waals surface area contributed by atoms with Crippen LogP contribution in [0.2, 0.25) is 0 Å². The van der Waals surface area contributed by atoms with Crippen LogP contribution in [0.4, 0.5) is 0 Å². The molecule has 4 aromatic rings. The van der Waals surface area contributed by atoms with Crippen LogP contribution in [0.25, 0.3) is 0 Å². The van der Waals surface area contributed by atoms with Gasteiger partial charge in [0.2, 0.25) is 0 Å². The van der Waals surface area contributed by atoms with E-state index in [1.54, 1.807) is 0 Å². The van der Waals surface area contributed by atoms with E-state index in [9.17, 15) is 0 Å². The van der Waals surface area contributed by atoms with Crippen molar-refractivity contribution in [3.8, 4) is 0 Å². The van der Waals surface area contributed by atoms with Gasteiger partial charge in [0, 0.05) is 0 Å². The van der Waals surface area contributed by atoms with Crippen LogP contribution >= 0.6 is 0 Å². The standard InChI is InChI=1S/2C13H11N/c2*14-13(11-7-3-1-4-8-11)12-9-5-2-6-10-12/h2*1-10,14H. The predicted octanol–water partition coefficient (Wildman–Crippen LogP) is 6.21. The zero-order valence-corrected chi connectivity index (χ0v) is 15.5. The van der Waals surface area contributed by atoms with Crippen molar-refractivity contribution in [2.75, 3.05) is 0 Å². The second-order valence-electron chi connectivity index (χ2n) is 6.21. The Labute approximate surface area is 166 Å². The topological polar surface area (TPSA) is 47.7 Å². The number of nitrogens with one attached hydrogen (secondary N) is 2. The predicted molar refractivity (Wildman–Crippen MR) is 118 cm³/mol. The van der Waals surface area contributed by atoms with Crippen LogP contribution < -0.4 is 0 Å². The SMILES string of the molecule is N=C(c1ccccc1)c1ccccc1.N=C(c1ccccc1)c1ccccc1. The van der Waals surface area contributed by atoms with Gasteiger partial charge in [-0.1, -0.05) is 121 Å². The summed E-state index contributed by atoms with van der Waals surface area (Å²) in [6.07, 6.45) is 0. The molecule has 0 aliphatic rings. The fraction of sp³-hybridized carbons (Fsp3) is 0. The van der Waals surface area contributed by atoms with Gasteiger partial charge in [-0.25, -0.2) is 0 Å². The molecule has 0 bridgehead atoms. The van der Waals surface area contributed by atoms with Gasteiger partial charge in [0.1, 0.15) is 0 Å². The number of hydrogen-bond donors (Lipinski definition) is 2. The third-order valence-corrected chi connectivity index (χ3v) is 4.25. The van der Waals surface area contributed by atoms with E-state index in [0.29, 0.717) is 11.4 Å². The molecule has 0 unspecified atom stereocenters. The summed E-state index contributed by atoms with van der Waals surface area (Å²) in [5, 5.41) is 15.9. The number of hydrogen-bond acceptors (Lipinski definition) is 2. The van der Waals surface area contributed by atoms with Gasteiger partial charge in [0.05, 0.1) is 11.4 Å². The molecule has 0 saturated carbocycles. The first-order valence-corrected chi connectivity index (χ1v) is 9.14. The highest BCUT2D eigenvalue weighted by Gasteiger charge is 2.02. The molecule has 4 aromatic carbocycles. The van der Waals surface area contributed by atoms with Crippen LogP contribution in [0.1, 0.15) is 22.3 Å². The maximum Gasteiger partial charge on any atom is 0.0684 e. The lowest BCUT2D eigenvalue weighted by atomic mass is 10.0. The van der Waals surface area contributed by atoms with Crippen LogP contribution in [0, 0.1) is 10.8 Å². The zero-order valence-electron chi connectivity index (χ0n) is 15.5. The third kappa shape index (κ3) is 5.12. The number of benzene rings is 4. The summed E-state index contributed by atoms with van der Waals surface area (Å²) in [5.41, 5.74) is 4.98. The van der Waals surface area contributed by atoms with E-state index >= 15 is 0 Å². The summed E-state index contributed by atoms with van der Waals surface area (Å²) in [5.74, 6) is 0. The first-order chi connectivity index (χ1) is 13.8. The van der Waals surface area contributed by atoms with Gasteiger partial charge < -0.3 is 0 Å². The van der Waals surface area contributed by atoms with Crippen molar-refractivity contribution >= 4 is 11.4 Å². The van der Waals surface area contributed by atoms with E-state index in [2.05, 4.69) is 0 Å². The van der Waals surface area contributed by atoms with Gasteiger partial charge in [-0.05, 0) is 22.3 Å². The Morgan fingerprint density at radius 1 is 0.321 bits per heavy atom. The molecule has 0 atom stereocenters. The molecular formula is C26H22N2. The van der Waals surface area contributed by atoms with Crippen molar-refractivity contribution in [2.45, 2.75) is 0 Å². The maximum absolute atomic E-state index is 7.97. The van der Waals surface area contributed by atoms with E-state index in [4.69, 9.17) is 10.8 Å². The molecule has 136 valence electrons. The van der Waals surface area contributed by atoms with Crippen LogP contribution in [-0.2, 0) is 0 Å². The van der Waals surface area contributed by atoms with E-state index in [0.717, 1.165) is 22.3 Å². The second-order valence-corrected chi connectivity index (χ2v) is 6.21. The summed E-state index contributed by atoms with van der Waals surface area (Å²) >= 11 is 0. The highest BCUT2D eigenvalue weighted by molar-refractivity contribution is 6.11. The van der Waals surface area contributed by atoms with E-state index in [1.807, 2.05) is 121 Å². The first-order valence-electron chi connectivity index (χ1n) is 9.14. The molecule has 0 amide bonds. The largest absolute Gasteiger partial charge is 0.300 e. The van der Waals surface area contributed by atoms with Crippen molar-refractivity contribution in [1.29, 1.82) is 10.8 Å². The van der Waals surface area contributed by atoms with Crippen molar-refractivity contribution in [2.24, 2.45) is 0 Å². The van der Waals surface area contributed by atoms with Crippen molar-refractivity contribution in [3.63, 3.8) is 0 Å². The van der Waals surface area contributed by atoms with Crippen LogP contribution in [-0.4, -0.2) is 11.4 Å². The third-order valence-electron chi connectivity index (χ3n) is 4.25. The Balaban J connectivity index is 0.000000161. The fourth-order valence-corrected chi connectivity index (χ4v) is 2.75. The molecule has 0 fully saturated rings. The molecule has 0 radical (unpaired) electrons. The molecule has 0 heterocycles. The Kier molecular flexibility index (Phi) is 6.64. The Hall–Kier alpha value is -3.78. The van der Waals surface area contributed by atoms with E-state index < -0.39 is 0 Å². The average molecular weight is 362 g/mol. The Bertz CT molecular complexity index is 839. The van der Waals surface area contributed by atoms with Gasteiger partial charge in [-0.3, -0.25) is 10.8 Å². The maximum atomic E-state index is 7.97. The zero-order chi connectivity index (χ0) is 19.6. The molecule has 0 saturated heterocycles. The van der Waals surface area contributed by atoms with Gasteiger partial charge in [0.15, 0.2) is 0 Å². The molecule has 2 nitrogen and oxygen atoms in total. The Morgan fingerprint density at radius 3 is 0.679 bits per heavy atom. The van der Waals surface area contributed by atoms with E-state index in [-0.39, 0.29) is 0 Å². The molecular weight excluding hydrogens is 340 g/mol. The minimum atomic E-state index is 0.575. The minimum Gasteiger partial charge on any atom is -0.300 e. The highest BCUT2D eigenvalue weighted by atomic mass is 14.4. The van der Waals surface area contributed by atoms with Crippen molar-refractivity contribution in [3.05, 3.63) is 144 Å². The van der Waals surface area contributed by atoms with Crippen LogP contribution in [0.3, 0.4) is 0 Å². The summed E-state index contributed by atoms with van der Waals surface area (Å²) < 4.78 is 0. The van der Waals surface area contributed by atoms with Crippen molar-refractivity contribution < 1.29 is 0 Å². The highest BCUT2D eigenvalue weighted by Crippen LogP contribution is 2.09. The quantitative estimate of drug-likeness (QED) is 0.406. The molecule has 2 heteroatoms. The minimum absolute atomic E-state index is 0.575. The second kappa shape index (κ2) is 9.79. The lowest BCUT2D eigenvalue weighted by Crippen LogP contribution is -1.99. The van der Waals surface area contributed by atoms with E-state index in [1.165, 1.54) is 0 Å². The molecule has 0 aliphatic heterocycles. The summed E-state index contributed by atoms with van der Waals surface area (Å²) in [6, 6.07) is 39.1. The van der Waals surface area contributed by atoms with Gasteiger partial charge >= 0.3 is 0 Å². The van der Waals surface area contributed by atoms with Crippen molar-refractivity contribution in [1.82, 2.24) is 0 Å². The summed E-state index contributed by atoms with van der Waals surface area (Å²) in [6.45, 7) is 0. The lowest BCUT2D eigenvalue weighted by Gasteiger charge is -2.02. The first kappa shape index (κ1) is 19.0. The van der Waals surface area contributed by atoms with Crippen LogP contribution in [0.15, 0.2) is 121 Å². The van der Waals surface area contributed by atoms with Gasteiger partial charge in [-0.2, -0.15) is 0 Å². The monoisotopic (exact) mass is 362 g/mol.